The zero-order chi connectivity index (χ0) is 13.1. The van der Waals surface area contributed by atoms with Crippen LogP contribution >= 0.6 is 0 Å². The van der Waals surface area contributed by atoms with Crippen LogP contribution in [0.2, 0.25) is 0 Å². The number of hydrogen-bond donors (Lipinski definition) is 1. The monoisotopic (exact) mass is 241 g/mol. The van der Waals surface area contributed by atoms with Crippen LogP contribution in [0.5, 0.6) is 0 Å². The average molecular weight is 241 g/mol. The summed E-state index contributed by atoms with van der Waals surface area (Å²) in [6.45, 7) is 2.97. The van der Waals surface area contributed by atoms with Gasteiger partial charge in [-0.05, 0) is 11.6 Å². The van der Waals surface area contributed by atoms with E-state index in [-0.39, 0.29) is 5.56 Å². The van der Waals surface area contributed by atoms with Gasteiger partial charge in [0.15, 0.2) is 5.60 Å². The smallest absolute Gasteiger partial charge is 0.375 e. The van der Waals surface area contributed by atoms with Crippen LogP contribution in [-0.4, -0.2) is 16.9 Å². The van der Waals surface area contributed by atoms with Crippen molar-refractivity contribution in [1.82, 2.24) is 0 Å². The molecule has 2 unspecified atom stereocenters. The maximum absolute atomic E-state index is 12.8. The minimum atomic E-state index is -4.95. The van der Waals surface area contributed by atoms with Gasteiger partial charge in [-0.3, -0.25) is 0 Å². The Morgan fingerprint density at radius 3 is 2.18 bits per heavy atom. The third-order valence-electron chi connectivity index (χ3n) is 2.47. The number of benzene rings is 1. The quantitative estimate of drug-likeness (QED) is 0.827. The molecule has 1 aromatic rings. The Balaban J connectivity index is 3.28. The van der Waals surface area contributed by atoms with Gasteiger partial charge in [0.25, 0.3) is 0 Å². The van der Waals surface area contributed by atoms with Crippen LogP contribution < -0.4 is 0 Å². The van der Waals surface area contributed by atoms with Gasteiger partial charge >= 0.3 is 6.18 Å². The SMILES string of the molecule is C=CC(O)(C(C#N)c1ccccc1)C(F)(F)F. The number of hydrogen-bond acceptors (Lipinski definition) is 2. The largest absolute Gasteiger partial charge is 0.422 e. The van der Waals surface area contributed by atoms with Crippen molar-refractivity contribution in [2.45, 2.75) is 17.7 Å². The van der Waals surface area contributed by atoms with Crippen molar-refractivity contribution < 1.29 is 18.3 Å². The third-order valence-corrected chi connectivity index (χ3v) is 2.47. The summed E-state index contributed by atoms with van der Waals surface area (Å²) in [4.78, 5) is 0. The fourth-order valence-electron chi connectivity index (χ4n) is 1.47. The molecule has 1 rings (SSSR count). The third kappa shape index (κ3) is 2.32. The second-order valence-electron chi connectivity index (χ2n) is 3.50. The van der Waals surface area contributed by atoms with Crippen LogP contribution in [0, 0.1) is 11.3 Å². The van der Waals surface area contributed by atoms with E-state index >= 15 is 0 Å². The zero-order valence-corrected chi connectivity index (χ0v) is 8.78. The molecule has 17 heavy (non-hydrogen) atoms. The lowest BCUT2D eigenvalue weighted by molar-refractivity contribution is -0.243. The molecule has 1 N–H and O–H groups in total. The molecular formula is C12H10F3NO. The molecule has 0 radical (unpaired) electrons. The molecule has 2 atom stereocenters. The summed E-state index contributed by atoms with van der Waals surface area (Å²) in [5.74, 6) is -1.74. The van der Waals surface area contributed by atoms with Crippen molar-refractivity contribution in [3.63, 3.8) is 0 Å². The van der Waals surface area contributed by atoms with Crippen LogP contribution in [0.1, 0.15) is 11.5 Å². The summed E-state index contributed by atoms with van der Waals surface area (Å²) in [6, 6.07) is 8.79. The van der Waals surface area contributed by atoms with Gasteiger partial charge in [-0.15, -0.1) is 0 Å². The Bertz CT molecular complexity index is 435. The van der Waals surface area contributed by atoms with E-state index < -0.39 is 17.7 Å². The van der Waals surface area contributed by atoms with Crippen molar-refractivity contribution >= 4 is 0 Å². The van der Waals surface area contributed by atoms with Crippen LogP contribution in [0.15, 0.2) is 43.0 Å². The predicted octanol–water partition coefficient (Wildman–Crippen LogP) is 2.77. The molecule has 0 saturated carbocycles. The molecule has 0 saturated heterocycles. The number of aliphatic hydroxyl groups is 1. The van der Waals surface area contributed by atoms with Crippen molar-refractivity contribution in [3.05, 3.63) is 48.6 Å². The second kappa shape index (κ2) is 4.60. The van der Waals surface area contributed by atoms with E-state index in [2.05, 4.69) is 6.58 Å². The molecular weight excluding hydrogens is 231 g/mol. The minimum Gasteiger partial charge on any atom is -0.375 e. The standard InChI is InChI=1S/C12H10F3NO/c1-2-11(17,12(13,14)15)10(8-16)9-6-4-3-5-7-9/h2-7,10,17H,1H2. The molecule has 90 valence electrons. The average Bonchev–Trinajstić information content (AvgIpc) is 2.29. The Hall–Kier alpha value is -1.80. The molecule has 1 aromatic carbocycles. The maximum atomic E-state index is 12.8. The highest BCUT2D eigenvalue weighted by Crippen LogP contribution is 2.41. The summed E-state index contributed by atoms with van der Waals surface area (Å²) in [5.41, 5.74) is -3.15. The van der Waals surface area contributed by atoms with Crippen LogP contribution in [0.4, 0.5) is 13.2 Å². The van der Waals surface area contributed by atoms with E-state index in [1.807, 2.05) is 0 Å². The van der Waals surface area contributed by atoms with Crippen molar-refractivity contribution in [2.24, 2.45) is 0 Å². The highest BCUT2D eigenvalue weighted by atomic mass is 19.4. The number of halogens is 3. The van der Waals surface area contributed by atoms with Crippen LogP contribution in [0.25, 0.3) is 0 Å². The van der Waals surface area contributed by atoms with E-state index in [0.29, 0.717) is 6.08 Å². The molecule has 5 heteroatoms. The Morgan fingerprint density at radius 2 is 1.82 bits per heavy atom. The fourth-order valence-corrected chi connectivity index (χ4v) is 1.47. The van der Waals surface area contributed by atoms with Gasteiger partial charge in [0.1, 0.15) is 5.92 Å². The molecule has 2 nitrogen and oxygen atoms in total. The number of alkyl halides is 3. The molecule has 0 amide bonds. The van der Waals surface area contributed by atoms with Crippen molar-refractivity contribution in [2.75, 3.05) is 0 Å². The van der Waals surface area contributed by atoms with E-state index in [4.69, 9.17) is 5.26 Å². The zero-order valence-electron chi connectivity index (χ0n) is 8.78. The number of nitriles is 1. The van der Waals surface area contributed by atoms with Crippen molar-refractivity contribution in [3.8, 4) is 6.07 Å². The van der Waals surface area contributed by atoms with Gasteiger partial charge in [-0.2, -0.15) is 18.4 Å². The normalized spacial score (nSPS) is 16.6. The summed E-state index contributed by atoms with van der Waals surface area (Å²) < 4.78 is 38.3. The van der Waals surface area contributed by atoms with E-state index in [1.165, 1.54) is 30.3 Å². The lowest BCUT2D eigenvalue weighted by Crippen LogP contribution is -2.48. The summed E-state index contributed by atoms with van der Waals surface area (Å²) >= 11 is 0. The lowest BCUT2D eigenvalue weighted by atomic mass is 9.82. The first-order chi connectivity index (χ1) is 7.86. The first-order valence-electron chi connectivity index (χ1n) is 4.74. The first kappa shape index (κ1) is 13.3. The van der Waals surface area contributed by atoms with Crippen molar-refractivity contribution in [1.29, 1.82) is 5.26 Å². The van der Waals surface area contributed by atoms with Gasteiger partial charge in [0.05, 0.1) is 6.07 Å². The summed E-state index contributed by atoms with van der Waals surface area (Å²) in [5, 5.41) is 18.5. The van der Waals surface area contributed by atoms with Gasteiger partial charge in [0, 0.05) is 0 Å². The molecule has 0 aliphatic heterocycles. The predicted molar refractivity (Wildman–Crippen MR) is 56.0 cm³/mol. The Labute approximate surface area is 96.6 Å². The van der Waals surface area contributed by atoms with E-state index in [1.54, 1.807) is 6.07 Å². The summed E-state index contributed by atoms with van der Waals surface area (Å²) in [7, 11) is 0. The van der Waals surface area contributed by atoms with Crippen LogP contribution in [0.3, 0.4) is 0 Å². The Kier molecular flexibility index (Phi) is 3.59. The minimum absolute atomic E-state index is 0.0923. The van der Waals surface area contributed by atoms with Gasteiger partial charge < -0.3 is 5.11 Å². The highest BCUT2D eigenvalue weighted by molar-refractivity contribution is 5.32. The molecule has 0 aliphatic carbocycles. The van der Waals surface area contributed by atoms with Gasteiger partial charge in [-0.25, -0.2) is 0 Å². The van der Waals surface area contributed by atoms with E-state index in [0.717, 1.165) is 0 Å². The molecule has 0 fully saturated rings. The topological polar surface area (TPSA) is 44.0 Å². The maximum Gasteiger partial charge on any atom is 0.422 e. The second-order valence-corrected chi connectivity index (χ2v) is 3.50. The molecule has 0 spiro atoms. The number of rotatable bonds is 3. The molecule has 0 heterocycles. The Morgan fingerprint density at radius 1 is 1.29 bits per heavy atom. The molecule has 0 bridgehead atoms. The lowest BCUT2D eigenvalue weighted by Gasteiger charge is -2.31. The van der Waals surface area contributed by atoms with Gasteiger partial charge in [-0.1, -0.05) is 36.9 Å². The number of nitrogens with zero attached hydrogens (tertiary/aromatic N) is 1. The summed E-state index contributed by atoms with van der Waals surface area (Å²) in [6.07, 6.45) is -4.60. The van der Waals surface area contributed by atoms with E-state index in [9.17, 15) is 18.3 Å². The first-order valence-corrected chi connectivity index (χ1v) is 4.74. The molecule has 0 aliphatic rings. The van der Waals surface area contributed by atoms with Gasteiger partial charge in [0.2, 0.25) is 0 Å². The van der Waals surface area contributed by atoms with Crippen LogP contribution in [-0.2, 0) is 0 Å². The fraction of sp³-hybridized carbons (Fsp3) is 0.250. The highest BCUT2D eigenvalue weighted by Gasteiger charge is 2.57. The molecule has 0 aromatic heterocycles.